The van der Waals surface area contributed by atoms with Gasteiger partial charge in [0.25, 0.3) is 0 Å². The van der Waals surface area contributed by atoms with Gasteiger partial charge in [0.05, 0.1) is 6.54 Å². The molecule has 1 fully saturated rings. The highest BCUT2D eigenvalue weighted by atomic mass is 19.1. The molecule has 1 heterocycles. The first-order valence-electron chi connectivity index (χ1n) is 13.1. The molecule has 2 aromatic rings. The van der Waals surface area contributed by atoms with E-state index in [0.717, 1.165) is 69.4 Å². The predicted molar refractivity (Wildman–Crippen MR) is 135 cm³/mol. The van der Waals surface area contributed by atoms with Crippen LogP contribution in [0.2, 0.25) is 0 Å². The van der Waals surface area contributed by atoms with Gasteiger partial charge in [0.1, 0.15) is 17.9 Å². The number of rotatable bonds is 12. The molecule has 0 aromatic heterocycles. The molecular formula is C29H42FN2O2+. The minimum atomic E-state index is -0.778. The molecular weight excluding hydrogens is 427 g/mol. The van der Waals surface area contributed by atoms with Crippen LogP contribution in [0.25, 0.3) is 0 Å². The molecule has 3 rings (SSSR count). The average Bonchev–Trinajstić information content (AvgIpc) is 2.88. The number of nitrogens with zero attached hydrogens (tertiary/aromatic N) is 1. The second kappa shape index (κ2) is 13.0. The molecule has 186 valence electrons. The number of hydrogen-bond donors (Lipinski definition) is 1. The molecule has 0 spiro atoms. The number of benzene rings is 2. The van der Waals surface area contributed by atoms with Crippen LogP contribution in [0.5, 0.6) is 0 Å². The van der Waals surface area contributed by atoms with Gasteiger partial charge in [-0.25, -0.2) is 9.18 Å². The van der Waals surface area contributed by atoms with E-state index in [4.69, 9.17) is 4.74 Å². The van der Waals surface area contributed by atoms with Gasteiger partial charge in [0.2, 0.25) is 0 Å². The number of nitrogens with two attached hydrogens (primary N) is 1. The van der Waals surface area contributed by atoms with Gasteiger partial charge in [0, 0.05) is 12.3 Å². The number of hydrogen-bond acceptors (Lipinski definition) is 3. The summed E-state index contributed by atoms with van der Waals surface area (Å²) in [5, 5.41) is 2.24. The van der Waals surface area contributed by atoms with E-state index in [2.05, 4.69) is 36.2 Å². The molecule has 0 bridgehead atoms. The summed E-state index contributed by atoms with van der Waals surface area (Å²) in [6, 6.07) is 16.8. The van der Waals surface area contributed by atoms with E-state index >= 15 is 0 Å². The topological polar surface area (TPSA) is 46.1 Å². The minimum absolute atomic E-state index is 0.135. The normalized spacial score (nSPS) is 17.3. The van der Waals surface area contributed by atoms with Crippen molar-refractivity contribution in [3.05, 3.63) is 71.5 Å². The van der Waals surface area contributed by atoms with Crippen molar-refractivity contribution in [1.82, 2.24) is 4.90 Å². The number of ether oxygens (including phenoxy) is 1. The molecule has 5 heteroatoms. The Morgan fingerprint density at radius 2 is 1.68 bits per heavy atom. The summed E-state index contributed by atoms with van der Waals surface area (Å²) in [6.07, 6.45) is 6.13. The van der Waals surface area contributed by atoms with Gasteiger partial charge in [-0.15, -0.1) is 0 Å². The Bertz CT molecular complexity index is 863. The maximum absolute atomic E-state index is 13.9. The Morgan fingerprint density at radius 3 is 2.29 bits per heavy atom. The number of carbonyl (C=O) groups is 1. The van der Waals surface area contributed by atoms with Crippen LogP contribution in [-0.2, 0) is 21.5 Å². The molecule has 34 heavy (non-hydrogen) atoms. The fourth-order valence-corrected chi connectivity index (χ4v) is 5.14. The van der Waals surface area contributed by atoms with Crippen LogP contribution >= 0.6 is 0 Å². The highest BCUT2D eigenvalue weighted by Gasteiger charge is 2.44. The SMILES string of the molecule is CCC(CC)[C@H](C[NH2+]CCc1ccc(F)cc1)OC(=O)[C@](C)(c1ccccc1)N1CCCCC1. The lowest BCUT2D eigenvalue weighted by Gasteiger charge is -2.42. The number of likely N-dealkylation sites (tertiary alicyclic amines) is 1. The third-order valence-electron chi connectivity index (χ3n) is 7.50. The zero-order valence-corrected chi connectivity index (χ0v) is 21.1. The summed E-state index contributed by atoms with van der Waals surface area (Å²) in [7, 11) is 0. The maximum atomic E-state index is 13.9. The van der Waals surface area contributed by atoms with E-state index in [9.17, 15) is 9.18 Å². The number of halogens is 1. The first-order valence-corrected chi connectivity index (χ1v) is 13.1. The molecule has 0 radical (unpaired) electrons. The fourth-order valence-electron chi connectivity index (χ4n) is 5.14. The van der Waals surface area contributed by atoms with Gasteiger partial charge in [0.15, 0.2) is 6.10 Å². The second-order valence-electron chi connectivity index (χ2n) is 9.70. The van der Waals surface area contributed by atoms with Crippen molar-refractivity contribution < 1.29 is 19.2 Å². The van der Waals surface area contributed by atoms with E-state index in [1.165, 1.54) is 18.6 Å². The molecule has 1 aliphatic heterocycles. The highest BCUT2D eigenvalue weighted by Crippen LogP contribution is 2.33. The molecule has 2 aromatic carbocycles. The number of quaternary nitrogens is 1. The molecule has 0 amide bonds. The maximum Gasteiger partial charge on any atom is 0.331 e. The molecule has 2 atom stereocenters. The van der Waals surface area contributed by atoms with E-state index in [-0.39, 0.29) is 17.9 Å². The van der Waals surface area contributed by atoms with Crippen LogP contribution in [0.1, 0.15) is 64.0 Å². The second-order valence-corrected chi connectivity index (χ2v) is 9.70. The van der Waals surface area contributed by atoms with Gasteiger partial charge in [-0.1, -0.05) is 62.7 Å². The standard InChI is InChI=1S/C29H41FN2O2/c1-4-24(5-2)27(22-31-19-18-23-14-16-26(30)17-15-23)34-28(33)29(3,25-12-8-6-9-13-25)32-20-10-7-11-21-32/h6,8-9,12-17,24,27,31H,4-5,7,10-11,18-22H2,1-3H3/p+1/t27-,29-/m0/s1. The number of carbonyl (C=O) groups excluding carboxylic acids is 1. The van der Waals surface area contributed by atoms with Crippen LogP contribution in [-0.4, -0.2) is 43.2 Å². The largest absolute Gasteiger partial charge is 0.454 e. The van der Waals surface area contributed by atoms with Gasteiger partial charge in [-0.2, -0.15) is 0 Å². The van der Waals surface area contributed by atoms with Crippen LogP contribution in [0, 0.1) is 11.7 Å². The Balaban J connectivity index is 1.71. The summed E-state index contributed by atoms with van der Waals surface area (Å²) in [5.41, 5.74) is 1.35. The van der Waals surface area contributed by atoms with Crippen LogP contribution in [0.3, 0.4) is 0 Å². The van der Waals surface area contributed by atoms with Gasteiger partial charge >= 0.3 is 5.97 Å². The highest BCUT2D eigenvalue weighted by molar-refractivity contribution is 5.82. The molecule has 2 N–H and O–H groups in total. The van der Waals surface area contributed by atoms with Crippen molar-refractivity contribution in [1.29, 1.82) is 0 Å². The number of piperidine rings is 1. The summed E-state index contributed by atoms with van der Waals surface area (Å²) in [5.74, 6) is -0.0135. The predicted octanol–water partition coefficient (Wildman–Crippen LogP) is 4.68. The minimum Gasteiger partial charge on any atom is -0.454 e. The molecule has 0 aliphatic carbocycles. The Labute approximate surface area is 204 Å². The fraction of sp³-hybridized carbons (Fsp3) is 0.552. The molecule has 0 unspecified atom stereocenters. The lowest BCUT2D eigenvalue weighted by molar-refractivity contribution is -0.661. The van der Waals surface area contributed by atoms with Crippen molar-refractivity contribution in [2.75, 3.05) is 26.2 Å². The van der Waals surface area contributed by atoms with Crippen LogP contribution < -0.4 is 5.32 Å². The van der Waals surface area contributed by atoms with Crippen LogP contribution in [0.4, 0.5) is 4.39 Å². The summed E-state index contributed by atoms with van der Waals surface area (Å²) < 4.78 is 19.5. The summed E-state index contributed by atoms with van der Waals surface area (Å²) in [6.45, 7) is 9.84. The smallest absolute Gasteiger partial charge is 0.331 e. The summed E-state index contributed by atoms with van der Waals surface area (Å²) >= 11 is 0. The Kier molecular flexibility index (Phi) is 10.1. The zero-order valence-electron chi connectivity index (χ0n) is 21.1. The van der Waals surface area contributed by atoms with Gasteiger partial charge in [-0.05, 0) is 69.0 Å². The average molecular weight is 470 g/mol. The molecule has 1 aliphatic rings. The lowest BCUT2D eigenvalue weighted by atomic mass is 9.87. The van der Waals surface area contributed by atoms with E-state index in [1.54, 1.807) is 0 Å². The van der Waals surface area contributed by atoms with Crippen LogP contribution in [0.15, 0.2) is 54.6 Å². The summed E-state index contributed by atoms with van der Waals surface area (Å²) in [4.78, 5) is 16.2. The first kappa shape index (κ1) is 26.4. The Morgan fingerprint density at radius 1 is 1.03 bits per heavy atom. The quantitative estimate of drug-likeness (QED) is 0.363. The van der Waals surface area contributed by atoms with Crippen molar-refractivity contribution in [2.45, 2.75) is 70.9 Å². The van der Waals surface area contributed by atoms with Crippen molar-refractivity contribution in [2.24, 2.45) is 5.92 Å². The Hall–Kier alpha value is -2.24. The van der Waals surface area contributed by atoms with Crippen molar-refractivity contribution in [3.8, 4) is 0 Å². The van der Waals surface area contributed by atoms with Crippen molar-refractivity contribution in [3.63, 3.8) is 0 Å². The third-order valence-corrected chi connectivity index (χ3v) is 7.50. The first-order chi connectivity index (χ1) is 16.5. The third kappa shape index (κ3) is 6.67. The lowest BCUT2D eigenvalue weighted by Crippen LogP contribution is -2.87. The molecule has 0 saturated carbocycles. The van der Waals surface area contributed by atoms with Crippen molar-refractivity contribution >= 4 is 5.97 Å². The zero-order chi connectivity index (χ0) is 24.4. The molecule has 4 nitrogen and oxygen atoms in total. The van der Waals surface area contributed by atoms with E-state index in [1.807, 2.05) is 37.3 Å². The van der Waals surface area contributed by atoms with E-state index in [0.29, 0.717) is 5.92 Å². The molecule has 1 saturated heterocycles. The van der Waals surface area contributed by atoms with E-state index < -0.39 is 5.54 Å². The monoisotopic (exact) mass is 469 g/mol. The van der Waals surface area contributed by atoms with Gasteiger partial charge < -0.3 is 10.1 Å². The number of esters is 1. The van der Waals surface area contributed by atoms with Gasteiger partial charge in [-0.3, -0.25) is 4.90 Å².